The molecule has 0 unspecified atom stereocenters. The van der Waals surface area contributed by atoms with Crippen LogP contribution in [0.15, 0.2) is 47.6 Å². The van der Waals surface area contributed by atoms with Crippen LogP contribution in [0.25, 0.3) is 11.0 Å². The van der Waals surface area contributed by atoms with Gasteiger partial charge < -0.3 is 9.84 Å². The van der Waals surface area contributed by atoms with Gasteiger partial charge in [0, 0.05) is 5.56 Å². The van der Waals surface area contributed by atoms with Crippen molar-refractivity contribution in [1.82, 2.24) is 9.97 Å². The largest absolute Gasteiger partial charge is 0.504 e. The number of aromatic hydroxyl groups is 1. The molecular formula is C17H16N4O2. The lowest BCUT2D eigenvalue weighted by atomic mass is 10.2. The molecule has 0 fully saturated rings. The van der Waals surface area contributed by atoms with Gasteiger partial charge in [-0.15, -0.1) is 0 Å². The summed E-state index contributed by atoms with van der Waals surface area (Å²) in [5.41, 5.74) is 5.78. The van der Waals surface area contributed by atoms with E-state index in [0.29, 0.717) is 17.1 Å². The van der Waals surface area contributed by atoms with E-state index in [4.69, 9.17) is 4.74 Å². The number of hydrogen-bond acceptors (Lipinski definition) is 6. The van der Waals surface area contributed by atoms with Crippen LogP contribution >= 0.6 is 0 Å². The van der Waals surface area contributed by atoms with Gasteiger partial charge in [-0.05, 0) is 31.2 Å². The molecule has 116 valence electrons. The number of rotatable bonds is 4. The van der Waals surface area contributed by atoms with Crippen molar-refractivity contribution >= 4 is 23.1 Å². The number of aromatic nitrogens is 2. The molecule has 0 radical (unpaired) electrons. The maximum absolute atomic E-state index is 10.0. The zero-order valence-electron chi connectivity index (χ0n) is 12.8. The number of ether oxygens (including phenoxy) is 1. The van der Waals surface area contributed by atoms with E-state index in [2.05, 4.69) is 20.5 Å². The first-order valence-corrected chi connectivity index (χ1v) is 7.07. The Morgan fingerprint density at radius 2 is 1.83 bits per heavy atom. The van der Waals surface area contributed by atoms with Crippen molar-refractivity contribution in [2.75, 3.05) is 12.5 Å². The Kier molecular flexibility index (Phi) is 4.05. The minimum atomic E-state index is 0.0434. The van der Waals surface area contributed by atoms with Crippen LogP contribution in [-0.2, 0) is 0 Å². The summed E-state index contributed by atoms with van der Waals surface area (Å²) in [6.45, 7) is 1.86. The fraction of sp³-hybridized carbons (Fsp3) is 0.118. The SMILES string of the molecule is COc1cccc(C=NNc2nc3ccccc3nc2C)c1O. The monoisotopic (exact) mass is 308 g/mol. The van der Waals surface area contributed by atoms with Crippen molar-refractivity contribution in [3.8, 4) is 11.5 Å². The summed E-state index contributed by atoms with van der Waals surface area (Å²) < 4.78 is 5.06. The molecule has 0 saturated carbocycles. The number of nitrogens with one attached hydrogen (secondary N) is 1. The van der Waals surface area contributed by atoms with Gasteiger partial charge in [-0.25, -0.2) is 9.97 Å². The van der Waals surface area contributed by atoms with E-state index in [1.165, 1.54) is 13.3 Å². The highest BCUT2D eigenvalue weighted by atomic mass is 16.5. The van der Waals surface area contributed by atoms with Crippen molar-refractivity contribution in [3.63, 3.8) is 0 Å². The van der Waals surface area contributed by atoms with Gasteiger partial charge in [0.25, 0.3) is 0 Å². The van der Waals surface area contributed by atoms with E-state index >= 15 is 0 Å². The quantitative estimate of drug-likeness (QED) is 0.572. The topological polar surface area (TPSA) is 79.6 Å². The van der Waals surface area contributed by atoms with Gasteiger partial charge in [0.1, 0.15) is 0 Å². The second kappa shape index (κ2) is 6.31. The van der Waals surface area contributed by atoms with E-state index in [1.807, 2.05) is 31.2 Å². The average Bonchev–Trinajstić information content (AvgIpc) is 2.57. The first-order valence-electron chi connectivity index (χ1n) is 7.07. The molecule has 0 spiro atoms. The van der Waals surface area contributed by atoms with E-state index in [-0.39, 0.29) is 5.75 Å². The zero-order valence-corrected chi connectivity index (χ0v) is 12.8. The lowest BCUT2D eigenvalue weighted by Crippen LogP contribution is -1.99. The number of benzene rings is 2. The Balaban J connectivity index is 1.84. The van der Waals surface area contributed by atoms with Crippen molar-refractivity contribution < 1.29 is 9.84 Å². The molecule has 0 aliphatic rings. The van der Waals surface area contributed by atoms with Gasteiger partial charge in [-0.3, -0.25) is 5.43 Å². The summed E-state index contributed by atoms with van der Waals surface area (Å²) in [7, 11) is 1.50. The summed E-state index contributed by atoms with van der Waals surface area (Å²) >= 11 is 0. The summed E-state index contributed by atoms with van der Waals surface area (Å²) in [6, 6.07) is 12.8. The lowest BCUT2D eigenvalue weighted by molar-refractivity contribution is 0.373. The molecule has 1 heterocycles. The maximum Gasteiger partial charge on any atom is 0.168 e. The predicted molar refractivity (Wildman–Crippen MR) is 90.2 cm³/mol. The molecule has 0 amide bonds. The molecule has 0 bridgehead atoms. The van der Waals surface area contributed by atoms with Crippen LogP contribution < -0.4 is 10.2 Å². The Morgan fingerprint density at radius 1 is 1.09 bits per heavy atom. The van der Waals surface area contributed by atoms with E-state index in [1.54, 1.807) is 18.2 Å². The summed E-state index contributed by atoms with van der Waals surface area (Å²) in [5.74, 6) is 1.01. The van der Waals surface area contributed by atoms with Crippen LogP contribution in [0.5, 0.6) is 11.5 Å². The van der Waals surface area contributed by atoms with Gasteiger partial charge in [0.15, 0.2) is 17.3 Å². The van der Waals surface area contributed by atoms with Crippen LogP contribution in [0.2, 0.25) is 0 Å². The van der Waals surface area contributed by atoms with Crippen LogP contribution in [-0.4, -0.2) is 28.4 Å². The number of aryl methyl sites for hydroxylation is 1. The van der Waals surface area contributed by atoms with Gasteiger partial charge in [0.2, 0.25) is 0 Å². The number of fused-ring (bicyclic) bond motifs is 1. The van der Waals surface area contributed by atoms with Crippen LogP contribution in [0.4, 0.5) is 5.82 Å². The van der Waals surface area contributed by atoms with E-state index < -0.39 is 0 Å². The third-order valence-electron chi connectivity index (χ3n) is 3.37. The molecule has 2 aromatic carbocycles. The molecule has 0 aliphatic carbocycles. The van der Waals surface area contributed by atoms with Crippen LogP contribution in [0, 0.1) is 6.92 Å². The molecule has 0 aliphatic heterocycles. The maximum atomic E-state index is 10.0. The fourth-order valence-corrected chi connectivity index (χ4v) is 2.17. The number of hydrogen-bond donors (Lipinski definition) is 2. The number of methoxy groups -OCH3 is 1. The van der Waals surface area contributed by atoms with Crippen molar-refractivity contribution in [2.24, 2.45) is 5.10 Å². The molecule has 1 aromatic heterocycles. The summed E-state index contributed by atoms with van der Waals surface area (Å²) in [5, 5.41) is 14.1. The van der Waals surface area contributed by atoms with Gasteiger partial charge in [-0.1, -0.05) is 18.2 Å². The molecule has 3 rings (SSSR count). The van der Waals surface area contributed by atoms with E-state index in [0.717, 1.165) is 16.7 Å². The molecule has 6 heteroatoms. The summed E-state index contributed by atoms with van der Waals surface area (Å²) in [6.07, 6.45) is 1.51. The number of hydrazone groups is 1. The molecule has 6 nitrogen and oxygen atoms in total. The minimum absolute atomic E-state index is 0.0434. The zero-order chi connectivity index (χ0) is 16.2. The molecule has 3 aromatic rings. The minimum Gasteiger partial charge on any atom is -0.504 e. The molecule has 0 saturated heterocycles. The third-order valence-corrected chi connectivity index (χ3v) is 3.37. The Hall–Kier alpha value is -3.15. The highest BCUT2D eigenvalue weighted by Crippen LogP contribution is 2.28. The van der Waals surface area contributed by atoms with Crippen LogP contribution in [0.1, 0.15) is 11.3 Å². The Morgan fingerprint density at radius 3 is 2.57 bits per heavy atom. The van der Waals surface area contributed by atoms with E-state index in [9.17, 15) is 5.11 Å². The molecule has 2 N–H and O–H groups in total. The average molecular weight is 308 g/mol. The van der Waals surface area contributed by atoms with Gasteiger partial charge >= 0.3 is 0 Å². The fourth-order valence-electron chi connectivity index (χ4n) is 2.17. The number of anilines is 1. The van der Waals surface area contributed by atoms with Gasteiger partial charge in [0.05, 0.1) is 30.1 Å². The molecule has 0 atom stereocenters. The van der Waals surface area contributed by atoms with Gasteiger partial charge in [-0.2, -0.15) is 5.10 Å². The highest BCUT2D eigenvalue weighted by Gasteiger charge is 2.06. The molecular weight excluding hydrogens is 292 g/mol. The number of phenols is 1. The van der Waals surface area contributed by atoms with Crippen molar-refractivity contribution in [3.05, 3.63) is 53.7 Å². The van der Waals surface area contributed by atoms with Crippen molar-refractivity contribution in [1.29, 1.82) is 0 Å². The highest BCUT2D eigenvalue weighted by molar-refractivity contribution is 5.85. The second-order valence-electron chi connectivity index (χ2n) is 4.91. The summed E-state index contributed by atoms with van der Waals surface area (Å²) in [4.78, 5) is 8.97. The number of nitrogens with zero attached hydrogens (tertiary/aromatic N) is 3. The number of phenolic OH excluding ortho intramolecular Hbond substituents is 1. The normalized spacial score (nSPS) is 11.0. The third kappa shape index (κ3) is 3.06. The number of para-hydroxylation sites is 3. The molecule has 23 heavy (non-hydrogen) atoms. The lowest BCUT2D eigenvalue weighted by Gasteiger charge is -2.06. The Bertz CT molecular complexity index is 878. The van der Waals surface area contributed by atoms with Crippen LogP contribution in [0.3, 0.4) is 0 Å². The second-order valence-corrected chi connectivity index (χ2v) is 4.91. The first kappa shape index (κ1) is 14.8. The Labute approximate surface area is 133 Å². The predicted octanol–water partition coefficient (Wildman–Crippen LogP) is 3.10. The standard InChI is InChI=1S/C17H16N4O2/c1-11-17(20-14-8-4-3-7-13(14)19-11)21-18-10-12-6-5-9-15(23-2)16(12)22/h3-10,22H,1-2H3,(H,20,21). The first-order chi connectivity index (χ1) is 11.2. The smallest absolute Gasteiger partial charge is 0.168 e. The van der Waals surface area contributed by atoms with Crippen molar-refractivity contribution in [2.45, 2.75) is 6.92 Å².